The number of hydrogen-bond donors (Lipinski definition) is 2. The largest absolute Gasteiger partial charge is 0.396 e. The molecule has 0 heterocycles. The zero-order valence-electron chi connectivity index (χ0n) is 7.71. The Morgan fingerprint density at radius 2 is 1.64 bits per heavy atom. The maximum atomic E-state index is 8.50. The predicted molar refractivity (Wildman–Crippen MR) is 46.7 cm³/mol. The van der Waals surface area contributed by atoms with Crippen LogP contribution in [0.3, 0.4) is 0 Å². The van der Waals surface area contributed by atoms with Gasteiger partial charge in [0, 0.05) is 6.61 Å². The van der Waals surface area contributed by atoms with Crippen LogP contribution in [0.1, 0.15) is 25.7 Å². The molecule has 0 aliphatic rings. The van der Waals surface area contributed by atoms with E-state index in [1.54, 1.807) is 0 Å². The molecule has 0 amide bonds. The Morgan fingerprint density at radius 1 is 1.09 bits per heavy atom. The van der Waals surface area contributed by atoms with Gasteiger partial charge < -0.3 is 5.11 Å². The van der Waals surface area contributed by atoms with E-state index in [4.69, 9.17) is 10.9 Å². The number of aliphatic hydroxyl groups is 1. The van der Waals surface area contributed by atoms with Crippen molar-refractivity contribution in [1.29, 1.82) is 0 Å². The molecule has 0 aliphatic carbocycles. The number of nitrogens with zero attached hydrogens (tertiary/aromatic N) is 1. The van der Waals surface area contributed by atoms with E-state index < -0.39 is 0 Å². The zero-order chi connectivity index (χ0) is 8.74. The lowest BCUT2D eigenvalue weighted by atomic mass is 10.2. The molecule has 0 fully saturated rings. The van der Waals surface area contributed by atoms with Crippen LogP contribution < -0.4 is 5.84 Å². The number of nitrogens with two attached hydrogens (primary N) is 1. The predicted octanol–water partition coefficient (Wildman–Crippen LogP) is 0.489. The first-order valence-electron chi connectivity index (χ1n) is 4.29. The third-order valence-electron chi connectivity index (χ3n) is 1.64. The smallest absolute Gasteiger partial charge is 0.0955 e. The second-order valence-corrected chi connectivity index (χ2v) is 3.64. The lowest BCUT2D eigenvalue weighted by Gasteiger charge is -2.21. The van der Waals surface area contributed by atoms with Gasteiger partial charge in [-0.1, -0.05) is 6.42 Å². The molecule has 0 radical (unpaired) electrons. The van der Waals surface area contributed by atoms with Gasteiger partial charge in [-0.05, 0) is 19.3 Å². The molecule has 0 bridgehead atoms. The Balaban J connectivity index is 3.02. The van der Waals surface area contributed by atoms with Crippen LogP contribution in [0.15, 0.2) is 0 Å². The zero-order valence-corrected chi connectivity index (χ0v) is 7.71. The standard InChI is InChI=1S/C8H21N2O/c1-10(2,9)7-5-3-4-6-8-11/h11H,3-9H2,1-2H3/q+1. The molecule has 0 unspecified atom stereocenters. The molecule has 11 heavy (non-hydrogen) atoms. The Kier molecular flexibility index (Phi) is 5.46. The molecular weight excluding hydrogens is 140 g/mol. The maximum Gasteiger partial charge on any atom is 0.0955 e. The van der Waals surface area contributed by atoms with Crippen LogP contribution in [0, 0.1) is 0 Å². The molecule has 0 saturated carbocycles. The van der Waals surface area contributed by atoms with Gasteiger partial charge in [0.2, 0.25) is 0 Å². The molecule has 0 rings (SSSR count). The summed E-state index contributed by atoms with van der Waals surface area (Å²) in [5.41, 5.74) is 0. The second-order valence-electron chi connectivity index (χ2n) is 3.64. The fraction of sp³-hybridized carbons (Fsp3) is 1.00. The topological polar surface area (TPSA) is 46.2 Å². The van der Waals surface area contributed by atoms with Crippen molar-refractivity contribution in [3.63, 3.8) is 0 Å². The third kappa shape index (κ3) is 9.88. The molecule has 0 aliphatic heterocycles. The van der Waals surface area contributed by atoms with Crippen LogP contribution in [0.4, 0.5) is 0 Å². The molecule has 0 atom stereocenters. The van der Waals surface area contributed by atoms with Crippen LogP contribution in [0.5, 0.6) is 0 Å². The molecule has 68 valence electrons. The minimum atomic E-state index is 0.320. The van der Waals surface area contributed by atoms with Gasteiger partial charge in [0.25, 0.3) is 0 Å². The summed E-state index contributed by atoms with van der Waals surface area (Å²) in [7, 11) is 3.98. The van der Waals surface area contributed by atoms with Gasteiger partial charge in [-0.15, -0.1) is 0 Å². The van der Waals surface area contributed by atoms with E-state index >= 15 is 0 Å². The fourth-order valence-electron chi connectivity index (χ4n) is 0.985. The molecule has 0 spiro atoms. The van der Waals surface area contributed by atoms with Crippen molar-refractivity contribution in [2.45, 2.75) is 25.7 Å². The number of hydrogen-bond acceptors (Lipinski definition) is 2. The highest BCUT2D eigenvalue weighted by Gasteiger charge is 2.05. The van der Waals surface area contributed by atoms with Crippen molar-refractivity contribution >= 4 is 0 Å². The number of unbranched alkanes of at least 4 members (excludes halogenated alkanes) is 3. The van der Waals surface area contributed by atoms with Crippen molar-refractivity contribution in [2.75, 3.05) is 27.2 Å². The van der Waals surface area contributed by atoms with Crippen molar-refractivity contribution in [3.8, 4) is 0 Å². The minimum Gasteiger partial charge on any atom is -0.396 e. The van der Waals surface area contributed by atoms with Gasteiger partial charge in [0.1, 0.15) is 0 Å². The molecule has 0 aromatic carbocycles. The van der Waals surface area contributed by atoms with Crippen LogP contribution in [-0.2, 0) is 0 Å². The SMILES string of the molecule is C[N+](C)(N)CCCCCCO. The Bertz CT molecular complexity index is 88.6. The summed E-state index contributed by atoms with van der Waals surface area (Å²) in [5, 5.41) is 8.50. The fourth-order valence-corrected chi connectivity index (χ4v) is 0.985. The summed E-state index contributed by atoms with van der Waals surface area (Å²) in [6.45, 7) is 1.34. The highest BCUT2D eigenvalue weighted by atomic mass is 16.2. The average molecular weight is 161 g/mol. The van der Waals surface area contributed by atoms with Gasteiger partial charge in [0.15, 0.2) is 0 Å². The van der Waals surface area contributed by atoms with Gasteiger partial charge >= 0.3 is 0 Å². The molecule has 0 saturated heterocycles. The molecule has 3 nitrogen and oxygen atoms in total. The first kappa shape index (κ1) is 10.9. The van der Waals surface area contributed by atoms with E-state index in [0.29, 0.717) is 11.2 Å². The molecule has 3 N–H and O–H groups in total. The first-order chi connectivity index (χ1) is 5.06. The Morgan fingerprint density at radius 3 is 2.09 bits per heavy atom. The van der Waals surface area contributed by atoms with Crippen LogP contribution in [-0.4, -0.2) is 36.9 Å². The Labute approximate surface area is 69.4 Å². The van der Waals surface area contributed by atoms with Crippen molar-refractivity contribution in [1.82, 2.24) is 0 Å². The molecule has 0 aromatic heterocycles. The first-order valence-corrected chi connectivity index (χ1v) is 4.29. The quantitative estimate of drug-likeness (QED) is 0.258. The Hall–Kier alpha value is -0.120. The van der Waals surface area contributed by atoms with Gasteiger partial charge in [-0.2, -0.15) is 5.84 Å². The van der Waals surface area contributed by atoms with Crippen molar-refractivity contribution in [2.24, 2.45) is 5.84 Å². The van der Waals surface area contributed by atoms with E-state index in [2.05, 4.69) is 0 Å². The van der Waals surface area contributed by atoms with Crippen LogP contribution >= 0.6 is 0 Å². The molecule has 0 aromatic rings. The number of quaternary nitrogens is 1. The lowest BCUT2D eigenvalue weighted by Crippen LogP contribution is -2.47. The number of aliphatic hydroxyl groups excluding tert-OH is 1. The molecular formula is C8H21N2O+. The van der Waals surface area contributed by atoms with Gasteiger partial charge in [-0.3, -0.25) is 4.59 Å². The summed E-state index contributed by atoms with van der Waals surface area (Å²) < 4.78 is 0.555. The van der Waals surface area contributed by atoms with E-state index in [9.17, 15) is 0 Å². The number of rotatable bonds is 6. The highest BCUT2D eigenvalue weighted by Crippen LogP contribution is 2.00. The molecule has 3 heteroatoms. The third-order valence-corrected chi connectivity index (χ3v) is 1.64. The summed E-state index contributed by atoms with van der Waals surface area (Å²) in [5.74, 6) is 5.74. The highest BCUT2D eigenvalue weighted by molar-refractivity contribution is 4.40. The van der Waals surface area contributed by atoms with Gasteiger partial charge in [-0.25, -0.2) is 0 Å². The van der Waals surface area contributed by atoms with Crippen LogP contribution in [0.25, 0.3) is 0 Å². The average Bonchev–Trinajstić information content (AvgIpc) is 1.85. The summed E-state index contributed by atoms with van der Waals surface area (Å²) in [6.07, 6.45) is 4.39. The normalized spacial score (nSPS) is 12.0. The lowest BCUT2D eigenvalue weighted by molar-refractivity contribution is -0.902. The second kappa shape index (κ2) is 5.52. The summed E-state index contributed by atoms with van der Waals surface area (Å²) >= 11 is 0. The van der Waals surface area contributed by atoms with Crippen LogP contribution in [0.2, 0.25) is 0 Å². The van der Waals surface area contributed by atoms with Gasteiger partial charge in [0.05, 0.1) is 20.6 Å². The minimum absolute atomic E-state index is 0.320. The summed E-state index contributed by atoms with van der Waals surface area (Å²) in [6, 6.07) is 0. The van der Waals surface area contributed by atoms with Crippen molar-refractivity contribution < 1.29 is 9.70 Å². The van der Waals surface area contributed by atoms with E-state index in [0.717, 1.165) is 25.8 Å². The monoisotopic (exact) mass is 161 g/mol. The summed E-state index contributed by atoms with van der Waals surface area (Å²) in [4.78, 5) is 0. The van der Waals surface area contributed by atoms with E-state index in [1.807, 2.05) is 14.1 Å². The van der Waals surface area contributed by atoms with E-state index in [-0.39, 0.29) is 0 Å². The van der Waals surface area contributed by atoms with Crippen molar-refractivity contribution in [3.05, 3.63) is 0 Å². The van der Waals surface area contributed by atoms with E-state index in [1.165, 1.54) is 6.42 Å². The maximum absolute atomic E-state index is 8.50.